The summed E-state index contributed by atoms with van der Waals surface area (Å²) in [7, 11) is 1.59. The molecule has 0 unspecified atom stereocenters. The number of methoxy groups -OCH3 is 1. The normalized spacial score (nSPS) is 10.9. The van der Waals surface area contributed by atoms with Crippen molar-refractivity contribution in [2.75, 3.05) is 7.11 Å². The van der Waals surface area contributed by atoms with Crippen molar-refractivity contribution in [1.82, 2.24) is 5.32 Å². The van der Waals surface area contributed by atoms with Crippen LogP contribution < -0.4 is 15.7 Å². The van der Waals surface area contributed by atoms with Gasteiger partial charge in [0.05, 0.1) is 7.11 Å². The predicted octanol–water partition coefficient (Wildman–Crippen LogP) is 3.15. The van der Waals surface area contributed by atoms with Gasteiger partial charge in [0.1, 0.15) is 11.3 Å². The quantitative estimate of drug-likeness (QED) is 0.736. The lowest BCUT2D eigenvalue weighted by Crippen LogP contribution is -2.14. The van der Waals surface area contributed by atoms with Gasteiger partial charge in [0.25, 0.3) is 0 Å². The molecule has 21 heavy (non-hydrogen) atoms. The number of rotatable bonds is 5. The van der Waals surface area contributed by atoms with E-state index >= 15 is 0 Å². The average molecular weight is 301 g/mol. The van der Waals surface area contributed by atoms with E-state index in [-0.39, 0.29) is 5.63 Å². The molecule has 0 saturated heterocycles. The van der Waals surface area contributed by atoms with Crippen LogP contribution in [0, 0.1) is 0 Å². The fourth-order valence-electron chi connectivity index (χ4n) is 2.22. The van der Waals surface area contributed by atoms with Gasteiger partial charge in [-0.05, 0) is 29.1 Å². The van der Waals surface area contributed by atoms with E-state index in [2.05, 4.69) is 16.8 Å². The van der Waals surface area contributed by atoms with Gasteiger partial charge in [-0.1, -0.05) is 6.07 Å². The number of nitrogens with one attached hydrogen (secondary N) is 1. The molecule has 1 N–H and O–H groups in total. The van der Waals surface area contributed by atoms with Crippen LogP contribution in [-0.2, 0) is 13.1 Å². The lowest BCUT2D eigenvalue weighted by atomic mass is 10.1. The molecule has 3 aromatic rings. The van der Waals surface area contributed by atoms with Crippen LogP contribution in [-0.4, -0.2) is 7.11 Å². The fraction of sp³-hybridized carbons (Fsp3) is 0.188. The van der Waals surface area contributed by atoms with E-state index in [1.165, 1.54) is 10.9 Å². The molecule has 1 aromatic carbocycles. The number of hydrogen-bond acceptors (Lipinski definition) is 5. The molecule has 3 rings (SSSR count). The Bertz CT molecular complexity index is 793. The first kappa shape index (κ1) is 13.9. The Balaban J connectivity index is 1.85. The largest absolute Gasteiger partial charge is 0.497 e. The molecule has 0 aliphatic heterocycles. The fourth-order valence-corrected chi connectivity index (χ4v) is 2.89. The van der Waals surface area contributed by atoms with Crippen molar-refractivity contribution < 1.29 is 9.15 Å². The summed E-state index contributed by atoms with van der Waals surface area (Å²) in [6.45, 7) is 1.40. The van der Waals surface area contributed by atoms with Crippen molar-refractivity contribution >= 4 is 22.3 Å². The summed E-state index contributed by atoms with van der Waals surface area (Å²) in [5.41, 5.74) is 1.14. The molecular formula is C16H15NO3S. The van der Waals surface area contributed by atoms with Crippen LogP contribution >= 0.6 is 11.3 Å². The summed E-state index contributed by atoms with van der Waals surface area (Å²) >= 11 is 1.71. The molecule has 0 atom stereocenters. The Labute approximate surface area is 126 Å². The molecule has 108 valence electrons. The Hall–Kier alpha value is -2.11. The van der Waals surface area contributed by atoms with Gasteiger partial charge in [0, 0.05) is 35.5 Å². The van der Waals surface area contributed by atoms with E-state index in [1.807, 2.05) is 18.2 Å². The zero-order valence-electron chi connectivity index (χ0n) is 11.6. The molecule has 0 bridgehead atoms. The summed E-state index contributed by atoms with van der Waals surface area (Å²) < 4.78 is 10.4. The molecular weight excluding hydrogens is 286 g/mol. The SMILES string of the molecule is COc1ccc2c(CNCc3cccs3)cc(=O)oc2c1. The third kappa shape index (κ3) is 3.15. The second kappa shape index (κ2) is 6.11. The second-order valence-corrected chi connectivity index (χ2v) is 5.67. The minimum absolute atomic E-state index is 0.344. The molecule has 2 aromatic heterocycles. The lowest BCUT2D eigenvalue weighted by Gasteiger charge is -2.07. The highest BCUT2D eigenvalue weighted by atomic mass is 32.1. The monoisotopic (exact) mass is 301 g/mol. The summed E-state index contributed by atoms with van der Waals surface area (Å²) in [5, 5.41) is 6.33. The number of hydrogen-bond donors (Lipinski definition) is 1. The van der Waals surface area contributed by atoms with E-state index in [0.717, 1.165) is 17.5 Å². The van der Waals surface area contributed by atoms with E-state index in [4.69, 9.17) is 9.15 Å². The molecule has 0 radical (unpaired) electrons. The Morgan fingerprint density at radius 1 is 1.24 bits per heavy atom. The minimum atomic E-state index is -0.344. The average Bonchev–Trinajstić information content (AvgIpc) is 2.99. The zero-order chi connectivity index (χ0) is 14.7. The first-order valence-corrected chi connectivity index (χ1v) is 7.48. The predicted molar refractivity (Wildman–Crippen MR) is 83.9 cm³/mol. The molecule has 0 fully saturated rings. The topological polar surface area (TPSA) is 51.5 Å². The van der Waals surface area contributed by atoms with Crippen LogP contribution in [0.3, 0.4) is 0 Å². The molecule has 0 amide bonds. The van der Waals surface area contributed by atoms with Crippen LogP contribution in [0.15, 0.2) is 51.0 Å². The number of ether oxygens (including phenoxy) is 1. The smallest absolute Gasteiger partial charge is 0.336 e. The van der Waals surface area contributed by atoms with Crippen molar-refractivity contribution in [3.05, 3.63) is 62.6 Å². The maximum absolute atomic E-state index is 11.7. The van der Waals surface area contributed by atoms with Crippen LogP contribution in [0.1, 0.15) is 10.4 Å². The Morgan fingerprint density at radius 3 is 2.90 bits per heavy atom. The molecule has 0 saturated carbocycles. The van der Waals surface area contributed by atoms with E-state index in [0.29, 0.717) is 17.9 Å². The summed E-state index contributed by atoms with van der Waals surface area (Å²) in [5.74, 6) is 0.675. The second-order valence-electron chi connectivity index (χ2n) is 4.64. The zero-order valence-corrected chi connectivity index (χ0v) is 12.4. The molecule has 2 heterocycles. The minimum Gasteiger partial charge on any atom is -0.497 e. The van der Waals surface area contributed by atoms with Crippen molar-refractivity contribution in [3.8, 4) is 5.75 Å². The van der Waals surface area contributed by atoms with Gasteiger partial charge in [0.2, 0.25) is 0 Å². The summed E-state index contributed by atoms with van der Waals surface area (Å²) in [6.07, 6.45) is 0. The van der Waals surface area contributed by atoms with Crippen molar-refractivity contribution in [2.24, 2.45) is 0 Å². The van der Waals surface area contributed by atoms with Crippen molar-refractivity contribution in [2.45, 2.75) is 13.1 Å². The highest BCUT2D eigenvalue weighted by Gasteiger charge is 2.07. The summed E-state index contributed by atoms with van der Waals surface area (Å²) in [4.78, 5) is 12.9. The van der Waals surface area contributed by atoms with Crippen LogP contribution in [0.2, 0.25) is 0 Å². The molecule has 0 aliphatic carbocycles. The van der Waals surface area contributed by atoms with E-state index in [9.17, 15) is 4.79 Å². The van der Waals surface area contributed by atoms with Gasteiger partial charge in [-0.25, -0.2) is 4.79 Å². The number of fused-ring (bicyclic) bond motifs is 1. The standard InChI is InChI=1S/C16H15NO3S/c1-19-12-4-5-14-11(7-16(18)20-15(14)8-12)9-17-10-13-3-2-6-21-13/h2-8,17H,9-10H2,1H3. The molecule has 5 heteroatoms. The van der Waals surface area contributed by atoms with Crippen LogP contribution in [0.4, 0.5) is 0 Å². The maximum atomic E-state index is 11.7. The Morgan fingerprint density at radius 2 is 2.14 bits per heavy atom. The van der Waals surface area contributed by atoms with Gasteiger partial charge in [-0.3, -0.25) is 0 Å². The van der Waals surface area contributed by atoms with Gasteiger partial charge in [0.15, 0.2) is 0 Å². The van der Waals surface area contributed by atoms with E-state index in [1.54, 1.807) is 24.5 Å². The molecule has 4 nitrogen and oxygen atoms in total. The van der Waals surface area contributed by atoms with Gasteiger partial charge < -0.3 is 14.5 Å². The van der Waals surface area contributed by atoms with Crippen molar-refractivity contribution in [1.29, 1.82) is 0 Å². The molecule has 0 spiro atoms. The third-order valence-corrected chi connectivity index (χ3v) is 4.11. The van der Waals surface area contributed by atoms with Gasteiger partial charge in [-0.2, -0.15) is 0 Å². The highest BCUT2D eigenvalue weighted by molar-refractivity contribution is 7.09. The van der Waals surface area contributed by atoms with E-state index < -0.39 is 0 Å². The maximum Gasteiger partial charge on any atom is 0.336 e. The number of benzene rings is 1. The van der Waals surface area contributed by atoms with Gasteiger partial charge in [-0.15, -0.1) is 11.3 Å². The lowest BCUT2D eigenvalue weighted by molar-refractivity contribution is 0.414. The van der Waals surface area contributed by atoms with Crippen LogP contribution in [0.5, 0.6) is 5.75 Å². The van der Waals surface area contributed by atoms with Crippen molar-refractivity contribution in [3.63, 3.8) is 0 Å². The van der Waals surface area contributed by atoms with Gasteiger partial charge >= 0.3 is 5.63 Å². The summed E-state index contributed by atoms with van der Waals surface area (Å²) in [6, 6.07) is 11.2. The number of thiophene rings is 1. The Kier molecular flexibility index (Phi) is 4.03. The molecule has 0 aliphatic rings. The van der Waals surface area contributed by atoms with Crippen LogP contribution in [0.25, 0.3) is 11.0 Å². The third-order valence-electron chi connectivity index (χ3n) is 3.23. The first-order chi connectivity index (χ1) is 10.3. The first-order valence-electron chi connectivity index (χ1n) is 6.60. The highest BCUT2D eigenvalue weighted by Crippen LogP contribution is 2.22.